The van der Waals surface area contributed by atoms with Crippen molar-refractivity contribution in [2.45, 2.75) is 65.3 Å². The summed E-state index contributed by atoms with van der Waals surface area (Å²) in [6, 6.07) is 14.2. The number of anilines is 1. The van der Waals surface area contributed by atoms with E-state index in [2.05, 4.69) is 4.98 Å². The monoisotopic (exact) mass is 949 g/mol. The molecule has 1 aromatic heterocycles. The fourth-order valence-electron chi connectivity index (χ4n) is 6.01. The molecule has 2 heterocycles. The molecule has 4 rings (SSSR count). The molecule has 1 amide bonds. The second-order valence-corrected chi connectivity index (χ2v) is 16.9. The number of ether oxygens (including phenoxy) is 9. The zero-order valence-electron chi connectivity index (χ0n) is 39.9. The van der Waals surface area contributed by atoms with Gasteiger partial charge in [-0.05, 0) is 80.8 Å². The zero-order chi connectivity index (χ0) is 48.3. The number of benzene rings is 2. The number of nitrogens with zero attached hydrogens (tertiary/aromatic N) is 2. The number of amides is 1. The minimum Gasteiger partial charge on any atom is -0.491 e. The maximum atomic E-state index is 13.3. The minimum absolute atomic E-state index is 0.0197. The summed E-state index contributed by atoms with van der Waals surface area (Å²) in [5.41, 5.74) is 14.8. The third kappa shape index (κ3) is 24.6. The summed E-state index contributed by atoms with van der Waals surface area (Å²) in [4.78, 5) is 30.6. The van der Waals surface area contributed by atoms with Gasteiger partial charge in [-0.15, -0.1) is 0 Å². The number of Topliss-reactive ketones (excluding diaryl/α,β-unsaturated/α-hetero) is 1. The van der Waals surface area contributed by atoms with E-state index >= 15 is 0 Å². The van der Waals surface area contributed by atoms with E-state index in [1.54, 1.807) is 43.1 Å². The van der Waals surface area contributed by atoms with Gasteiger partial charge in [0.25, 0.3) is 5.91 Å². The number of nitrogen functional groups attached to an aromatic ring is 1. The number of aryl methyl sites for hydroxylation is 1. The molecule has 18 heteroatoms. The van der Waals surface area contributed by atoms with Gasteiger partial charge in [0.1, 0.15) is 24.0 Å². The van der Waals surface area contributed by atoms with Gasteiger partial charge in [0.2, 0.25) is 0 Å². The Labute approximate surface area is 392 Å². The Hall–Kier alpha value is -4.08. The smallest absolute Gasteiger partial charge is 0.254 e. The van der Waals surface area contributed by atoms with E-state index in [1.807, 2.05) is 45.0 Å². The van der Waals surface area contributed by atoms with Crippen LogP contribution in [-0.2, 0) is 59.1 Å². The van der Waals surface area contributed by atoms with Gasteiger partial charge in [0.05, 0.1) is 110 Å². The molecule has 66 heavy (non-hydrogen) atoms. The van der Waals surface area contributed by atoms with Crippen LogP contribution in [0.3, 0.4) is 0 Å². The van der Waals surface area contributed by atoms with E-state index in [1.165, 1.54) is 6.07 Å². The lowest BCUT2D eigenvalue weighted by atomic mass is 10.0. The number of aromatic nitrogens is 1. The number of ketones is 1. The highest BCUT2D eigenvalue weighted by Crippen LogP contribution is 2.30. The summed E-state index contributed by atoms with van der Waals surface area (Å²) < 4.78 is 72.0. The van der Waals surface area contributed by atoms with Crippen molar-refractivity contribution < 1.29 is 60.6 Å². The topological polar surface area (TPSA) is 220 Å². The number of hydrogen-bond acceptors (Lipinski definition) is 16. The molecule has 0 bridgehead atoms. The number of fused-ring (bicyclic) bond motifs is 1. The van der Waals surface area contributed by atoms with E-state index < -0.39 is 9.84 Å². The van der Waals surface area contributed by atoms with Gasteiger partial charge in [-0.2, -0.15) is 0 Å². The molecule has 3 aromatic rings. The van der Waals surface area contributed by atoms with Crippen LogP contribution >= 0.6 is 0 Å². The van der Waals surface area contributed by atoms with Gasteiger partial charge >= 0.3 is 0 Å². The molecule has 1 aliphatic rings. The fraction of sp³-hybridized carbons (Fsp3) is 0.604. The van der Waals surface area contributed by atoms with E-state index in [4.69, 9.17) is 54.1 Å². The first-order chi connectivity index (χ1) is 32.0. The van der Waals surface area contributed by atoms with Gasteiger partial charge in [0, 0.05) is 62.0 Å². The Kier molecular flexibility index (Phi) is 31.7. The van der Waals surface area contributed by atoms with Crippen LogP contribution in [-0.4, -0.2) is 161 Å². The van der Waals surface area contributed by atoms with Gasteiger partial charge in [-0.25, -0.2) is 13.4 Å². The highest BCUT2D eigenvalue weighted by Gasteiger charge is 2.24. The normalized spacial score (nSPS) is 12.2. The SMILES string of the molecule is CCCC(=O)CCOCCOCCOCCOCC.CCOCCOCCOCCOCCN.CCS(=O)(=O)c1ccc(C(=O)N2CCOc3ccc(-c4ccc(N)nc4)cc3C2)c(C)c1. The van der Waals surface area contributed by atoms with E-state index in [0.717, 1.165) is 42.1 Å². The Morgan fingerprint density at radius 3 is 1.73 bits per heavy atom. The van der Waals surface area contributed by atoms with E-state index in [-0.39, 0.29) is 22.3 Å². The molecule has 0 saturated heterocycles. The van der Waals surface area contributed by atoms with Crippen LogP contribution in [0.15, 0.2) is 59.6 Å². The highest BCUT2D eigenvalue weighted by atomic mass is 32.2. The average molecular weight is 949 g/mol. The molecule has 0 unspecified atom stereocenters. The first-order valence-electron chi connectivity index (χ1n) is 22.9. The Morgan fingerprint density at radius 1 is 0.682 bits per heavy atom. The summed E-state index contributed by atoms with van der Waals surface area (Å²) in [6.07, 6.45) is 3.78. The van der Waals surface area contributed by atoms with Crippen molar-refractivity contribution in [3.8, 4) is 16.9 Å². The van der Waals surface area contributed by atoms with Crippen LogP contribution in [0, 0.1) is 6.92 Å². The lowest BCUT2D eigenvalue weighted by molar-refractivity contribution is -0.120. The number of rotatable bonds is 31. The molecule has 0 saturated carbocycles. The van der Waals surface area contributed by atoms with E-state index in [9.17, 15) is 18.0 Å². The molecule has 2 aromatic carbocycles. The van der Waals surface area contributed by atoms with Crippen molar-refractivity contribution in [3.63, 3.8) is 0 Å². The summed E-state index contributed by atoms with van der Waals surface area (Å²) in [5.74, 6) is 1.33. The number of carbonyl (C=O) groups is 2. The van der Waals surface area contributed by atoms with Crippen LogP contribution in [0.4, 0.5) is 5.82 Å². The van der Waals surface area contributed by atoms with Crippen LogP contribution in [0.5, 0.6) is 5.75 Å². The maximum Gasteiger partial charge on any atom is 0.254 e. The molecular formula is C48H76N4O13S. The van der Waals surface area contributed by atoms with Gasteiger partial charge in [0.15, 0.2) is 9.84 Å². The van der Waals surface area contributed by atoms with Crippen LogP contribution in [0.1, 0.15) is 68.4 Å². The highest BCUT2D eigenvalue weighted by molar-refractivity contribution is 7.91. The Morgan fingerprint density at radius 2 is 1.23 bits per heavy atom. The quantitative estimate of drug-likeness (QED) is 0.0779. The van der Waals surface area contributed by atoms with Crippen LogP contribution < -0.4 is 16.2 Å². The average Bonchev–Trinajstić information content (AvgIpc) is 3.54. The number of carbonyl (C=O) groups excluding carboxylic acids is 2. The second-order valence-electron chi connectivity index (χ2n) is 14.6. The molecule has 4 N–H and O–H groups in total. The molecule has 1 aliphatic heterocycles. The fourth-order valence-corrected chi connectivity index (χ4v) is 6.98. The third-order valence-corrected chi connectivity index (χ3v) is 11.3. The molecule has 372 valence electrons. The van der Waals surface area contributed by atoms with Gasteiger partial charge < -0.3 is 59.0 Å². The van der Waals surface area contributed by atoms with Crippen LogP contribution in [0.25, 0.3) is 11.1 Å². The molecule has 0 aliphatic carbocycles. The Bertz CT molecular complexity index is 1860. The minimum atomic E-state index is -3.33. The van der Waals surface area contributed by atoms with Gasteiger partial charge in [-0.1, -0.05) is 19.9 Å². The van der Waals surface area contributed by atoms with Crippen molar-refractivity contribution in [1.29, 1.82) is 0 Å². The molecule has 0 atom stereocenters. The van der Waals surface area contributed by atoms with Gasteiger partial charge in [-0.3, -0.25) is 9.59 Å². The largest absolute Gasteiger partial charge is 0.491 e. The van der Waals surface area contributed by atoms with Crippen molar-refractivity contribution >= 4 is 27.3 Å². The van der Waals surface area contributed by atoms with E-state index in [0.29, 0.717) is 149 Å². The summed E-state index contributed by atoms with van der Waals surface area (Å²) in [5, 5.41) is 0. The lowest BCUT2D eigenvalue weighted by Crippen LogP contribution is -2.33. The predicted octanol–water partition coefficient (Wildman–Crippen LogP) is 5.33. The standard InChI is InChI=1S/C24H25N3O4S.C14H28O5.C10H23NO4/c1-3-32(29,30)20-6-7-21(16(2)12-20)24(28)27-10-11-31-22-8-4-17(13-19(22)15-27)18-5-9-23(25)26-14-18;1-3-5-14(15)6-7-17-10-11-19-13-12-18-9-8-16-4-2;1-2-12-5-6-14-9-10-15-8-7-13-4-3-11/h4-9,12-14H,3,10-11,15H2,1-2H3,(H2,25,26);3-13H2,1-2H3;2-11H2,1H3. The molecule has 0 fully saturated rings. The van der Waals surface area contributed by atoms with Crippen LogP contribution in [0.2, 0.25) is 0 Å². The third-order valence-electron chi connectivity index (χ3n) is 9.57. The zero-order valence-corrected chi connectivity index (χ0v) is 40.7. The molecule has 0 spiro atoms. The maximum absolute atomic E-state index is 13.3. The summed E-state index contributed by atoms with van der Waals surface area (Å²) in [7, 11) is -3.33. The van der Waals surface area contributed by atoms with Crippen molar-refractivity contribution in [1.82, 2.24) is 9.88 Å². The molecule has 17 nitrogen and oxygen atoms in total. The number of pyridine rings is 1. The summed E-state index contributed by atoms with van der Waals surface area (Å²) >= 11 is 0. The first kappa shape index (κ1) is 58.0. The first-order valence-corrected chi connectivity index (χ1v) is 24.6. The van der Waals surface area contributed by atoms with Crippen molar-refractivity contribution in [3.05, 3.63) is 71.4 Å². The van der Waals surface area contributed by atoms with Crippen molar-refractivity contribution in [2.24, 2.45) is 5.73 Å². The summed E-state index contributed by atoms with van der Waals surface area (Å²) in [6.45, 7) is 20.7. The number of sulfone groups is 1. The van der Waals surface area contributed by atoms with Crippen molar-refractivity contribution in [2.75, 3.05) is 137 Å². The number of hydrogen-bond donors (Lipinski definition) is 2. The molecule has 0 radical (unpaired) electrons. The number of nitrogens with two attached hydrogens (primary N) is 2. The second kappa shape index (κ2) is 36.0. The Balaban J connectivity index is 0.000000377. The lowest BCUT2D eigenvalue weighted by Gasteiger charge is -2.21. The predicted molar refractivity (Wildman–Crippen MR) is 255 cm³/mol. The molecular weight excluding hydrogens is 873 g/mol.